The van der Waals surface area contributed by atoms with Gasteiger partial charge in [-0.3, -0.25) is 9.59 Å². The fraction of sp³-hybridized carbons (Fsp3) is 0.800. The van der Waals surface area contributed by atoms with E-state index in [0.29, 0.717) is 13.0 Å². The molecule has 0 saturated carbocycles. The summed E-state index contributed by atoms with van der Waals surface area (Å²) in [4.78, 5) is 21.7. The second-order valence-corrected chi connectivity index (χ2v) is 4.95. The molecule has 0 aromatic rings. The summed E-state index contributed by atoms with van der Waals surface area (Å²) in [6, 6.07) is 0. The normalized spacial score (nSPS) is 20.1. The maximum absolute atomic E-state index is 11.5. The Bertz CT molecular complexity index is 227. The van der Waals surface area contributed by atoms with Crippen LogP contribution in [0.15, 0.2) is 0 Å². The Morgan fingerprint density at radius 2 is 2.20 bits per heavy atom. The van der Waals surface area contributed by atoms with E-state index in [9.17, 15) is 9.59 Å². The predicted molar refractivity (Wildman–Crippen MR) is 60.0 cm³/mol. The number of rotatable bonds is 6. The standard InChI is InChI=1S/C10H17NO3S/c12-9(13)5-1-2-6-11-10(14)8-4-3-7-15-8/h8H,1-7H2,(H,11,14)(H,12,13). The van der Waals surface area contributed by atoms with E-state index in [0.717, 1.165) is 25.0 Å². The topological polar surface area (TPSA) is 66.4 Å². The van der Waals surface area contributed by atoms with Gasteiger partial charge >= 0.3 is 5.97 Å². The highest BCUT2D eigenvalue weighted by molar-refractivity contribution is 8.00. The third-order valence-electron chi connectivity index (χ3n) is 2.34. The Kier molecular flexibility index (Phi) is 5.53. The number of unbranched alkanes of at least 4 members (excludes halogenated alkanes) is 1. The molecule has 1 atom stereocenters. The van der Waals surface area contributed by atoms with Gasteiger partial charge in [0, 0.05) is 13.0 Å². The highest BCUT2D eigenvalue weighted by atomic mass is 32.2. The van der Waals surface area contributed by atoms with Crippen molar-refractivity contribution in [2.24, 2.45) is 0 Å². The first-order chi connectivity index (χ1) is 7.20. The van der Waals surface area contributed by atoms with Crippen LogP contribution in [0.3, 0.4) is 0 Å². The zero-order valence-corrected chi connectivity index (χ0v) is 9.52. The molecule has 0 radical (unpaired) electrons. The van der Waals surface area contributed by atoms with Gasteiger partial charge in [-0.2, -0.15) is 0 Å². The molecule has 5 heteroatoms. The van der Waals surface area contributed by atoms with Gasteiger partial charge in [0.1, 0.15) is 0 Å². The lowest BCUT2D eigenvalue weighted by Gasteiger charge is -2.09. The van der Waals surface area contributed by atoms with Crippen LogP contribution in [0.4, 0.5) is 0 Å². The highest BCUT2D eigenvalue weighted by Gasteiger charge is 2.22. The Morgan fingerprint density at radius 3 is 2.80 bits per heavy atom. The largest absolute Gasteiger partial charge is 0.481 e. The van der Waals surface area contributed by atoms with E-state index in [4.69, 9.17) is 5.11 Å². The van der Waals surface area contributed by atoms with Crippen LogP contribution in [0.1, 0.15) is 32.1 Å². The van der Waals surface area contributed by atoms with Crippen molar-refractivity contribution in [2.45, 2.75) is 37.4 Å². The molecule has 0 aliphatic carbocycles. The Hall–Kier alpha value is -0.710. The highest BCUT2D eigenvalue weighted by Crippen LogP contribution is 2.25. The average Bonchev–Trinajstić information content (AvgIpc) is 2.69. The minimum absolute atomic E-state index is 0.118. The van der Waals surface area contributed by atoms with Crippen LogP contribution >= 0.6 is 11.8 Å². The summed E-state index contributed by atoms with van der Waals surface area (Å²) in [7, 11) is 0. The van der Waals surface area contributed by atoms with Gasteiger partial charge in [-0.25, -0.2) is 0 Å². The number of thioether (sulfide) groups is 1. The van der Waals surface area contributed by atoms with E-state index in [2.05, 4.69) is 5.32 Å². The van der Waals surface area contributed by atoms with Crippen molar-refractivity contribution >= 4 is 23.6 Å². The van der Waals surface area contributed by atoms with Gasteiger partial charge in [-0.05, 0) is 31.4 Å². The first-order valence-electron chi connectivity index (χ1n) is 5.31. The number of hydrogen-bond acceptors (Lipinski definition) is 3. The molecule has 0 spiro atoms. The lowest BCUT2D eigenvalue weighted by atomic mass is 10.2. The monoisotopic (exact) mass is 231 g/mol. The van der Waals surface area contributed by atoms with Crippen LogP contribution in [0.2, 0.25) is 0 Å². The first-order valence-corrected chi connectivity index (χ1v) is 6.36. The summed E-state index contributed by atoms with van der Waals surface area (Å²) in [5.74, 6) is 0.428. The van der Waals surface area contributed by atoms with Crippen molar-refractivity contribution in [1.82, 2.24) is 5.32 Å². The lowest BCUT2D eigenvalue weighted by molar-refractivity contribution is -0.137. The van der Waals surface area contributed by atoms with Gasteiger partial charge in [0.2, 0.25) is 5.91 Å². The molecule has 0 aromatic carbocycles. The van der Waals surface area contributed by atoms with Crippen molar-refractivity contribution in [3.8, 4) is 0 Å². The molecule has 1 saturated heterocycles. The van der Waals surface area contributed by atoms with Crippen LogP contribution in [0.5, 0.6) is 0 Å². The summed E-state index contributed by atoms with van der Waals surface area (Å²) in [5, 5.41) is 11.4. The van der Waals surface area contributed by atoms with Crippen LogP contribution in [0, 0.1) is 0 Å². The van der Waals surface area contributed by atoms with E-state index in [1.165, 1.54) is 0 Å². The molecule has 1 rings (SSSR count). The molecule has 1 aliphatic rings. The minimum atomic E-state index is -0.771. The zero-order chi connectivity index (χ0) is 11.1. The van der Waals surface area contributed by atoms with Crippen molar-refractivity contribution in [2.75, 3.05) is 12.3 Å². The summed E-state index contributed by atoms with van der Waals surface area (Å²) in [6.07, 6.45) is 3.67. The summed E-state index contributed by atoms with van der Waals surface area (Å²) >= 11 is 1.71. The molecule has 1 unspecified atom stereocenters. The first kappa shape index (κ1) is 12.4. The van der Waals surface area contributed by atoms with E-state index >= 15 is 0 Å². The molecule has 86 valence electrons. The summed E-state index contributed by atoms with van der Waals surface area (Å²) < 4.78 is 0. The smallest absolute Gasteiger partial charge is 0.303 e. The minimum Gasteiger partial charge on any atom is -0.481 e. The Balaban J connectivity index is 1.99. The van der Waals surface area contributed by atoms with Crippen molar-refractivity contribution < 1.29 is 14.7 Å². The number of aliphatic carboxylic acids is 1. The summed E-state index contributed by atoms with van der Waals surface area (Å²) in [6.45, 7) is 0.600. The van der Waals surface area contributed by atoms with Crippen LogP contribution < -0.4 is 5.32 Å². The third kappa shape index (κ3) is 5.06. The van der Waals surface area contributed by atoms with Gasteiger partial charge in [0.05, 0.1) is 5.25 Å². The maximum Gasteiger partial charge on any atom is 0.303 e. The van der Waals surface area contributed by atoms with Gasteiger partial charge in [0.15, 0.2) is 0 Å². The molecule has 0 aromatic heterocycles. The molecule has 2 N–H and O–H groups in total. The van der Waals surface area contributed by atoms with Crippen LogP contribution in [0.25, 0.3) is 0 Å². The van der Waals surface area contributed by atoms with Crippen LogP contribution in [-0.4, -0.2) is 34.5 Å². The second kappa shape index (κ2) is 6.71. The Labute approximate surface area is 93.8 Å². The number of nitrogens with one attached hydrogen (secondary N) is 1. The molecule has 4 nitrogen and oxygen atoms in total. The quantitative estimate of drug-likeness (QED) is 0.675. The van der Waals surface area contributed by atoms with Crippen molar-refractivity contribution in [1.29, 1.82) is 0 Å². The molecule has 0 bridgehead atoms. The second-order valence-electron chi connectivity index (χ2n) is 3.64. The number of amides is 1. The fourth-order valence-corrected chi connectivity index (χ4v) is 2.70. The third-order valence-corrected chi connectivity index (χ3v) is 3.72. The molecular weight excluding hydrogens is 214 g/mol. The molecule has 1 amide bonds. The van der Waals surface area contributed by atoms with E-state index in [1.54, 1.807) is 11.8 Å². The average molecular weight is 231 g/mol. The molecule has 1 fully saturated rings. The molecule has 1 aliphatic heterocycles. The van der Waals surface area contributed by atoms with Crippen LogP contribution in [-0.2, 0) is 9.59 Å². The predicted octanol–water partition coefficient (Wildman–Crippen LogP) is 1.25. The van der Waals surface area contributed by atoms with Gasteiger partial charge in [-0.1, -0.05) is 0 Å². The number of carbonyl (C=O) groups is 2. The van der Waals surface area contributed by atoms with E-state index in [1.807, 2.05) is 0 Å². The van der Waals surface area contributed by atoms with Gasteiger partial charge < -0.3 is 10.4 Å². The van der Waals surface area contributed by atoms with Crippen molar-refractivity contribution in [3.05, 3.63) is 0 Å². The maximum atomic E-state index is 11.5. The number of carbonyl (C=O) groups excluding carboxylic acids is 1. The number of hydrogen-bond donors (Lipinski definition) is 2. The SMILES string of the molecule is O=C(O)CCCCNC(=O)C1CCCS1. The van der Waals surface area contributed by atoms with Crippen molar-refractivity contribution in [3.63, 3.8) is 0 Å². The number of carboxylic acid groups (broad SMARTS) is 1. The fourth-order valence-electron chi connectivity index (χ4n) is 1.51. The number of carboxylic acids is 1. The zero-order valence-electron chi connectivity index (χ0n) is 8.70. The van der Waals surface area contributed by atoms with Gasteiger partial charge in [-0.15, -0.1) is 11.8 Å². The molecule has 1 heterocycles. The summed E-state index contributed by atoms with van der Waals surface area (Å²) in [5.41, 5.74) is 0. The molecular formula is C10H17NO3S. The van der Waals surface area contributed by atoms with E-state index in [-0.39, 0.29) is 17.6 Å². The molecule has 15 heavy (non-hydrogen) atoms. The Morgan fingerprint density at radius 1 is 1.40 bits per heavy atom. The van der Waals surface area contributed by atoms with Gasteiger partial charge in [0.25, 0.3) is 0 Å². The lowest BCUT2D eigenvalue weighted by Crippen LogP contribution is -2.32. The van der Waals surface area contributed by atoms with E-state index < -0.39 is 5.97 Å².